The molecule has 1 rings (SSSR count). The molecule has 0 aliphatic heterocycles. The van der Waals surface area contributed by atoms with Crippen molar-refractivity contribution in [3.63, 3.8) is 0 Å². The van der Waals surface area contributed by atoms with Gasteiger partial charge in [-0.05, 0) is 17.7 Å². The van der Waals surface area contributed by atoms with Crippen molar-refractivity contribution >= 4 is 11.7 Å². The number of ether oxygens (including phenoxy) is 1. The second kappa shape index (κ2) is 4.04. The van der Waals surface area contributed by atoms with Gasteiger partial charge in [0, 0.05) is 0 Å². The molecule has 0 atom stereocenters. The molecule has 0 bridgehead atoms. The fourth-order valence-electron chi connectivity index (χ4n) is 1.01. The zero-order chi connectivity index (χ0) is 10.7. The topological polar surface area (TPSA) is 52.3 Å². The number of nitrogen functional groups attached to an aromatic ring is 1. The van der Waals surface area contributed by atoms with Crippen LogP contribution < -0.4 is 5.73 Å². The zero-order valence-corrected chi connectivity index (χ0v) is 7.51. The number of halogens is 2. The van der Waals surface area contributed by atoms with Crippen LogP contribution in [0, 0.1) is 11.6 Å². The minimum atomic E-state index is -1.10. The van der Waals surface area contributed by atoms with Crippen molar-refractivity contribution in [2.75, 3.05) is 12.8 Å². The lowest BCUT2D eigenvalue weighted by Crippen LogP contribution is -2.06. The molecule has 76 valence electrons. The number of anilines is 1. The average molecular weight is 201 g/mol. The van der Waals surface area contributed by atoms with Crippen LogP contribution in [-0.4, -0.2) is 13.1 Å². The number of methoxy groups -OCH3 is 1. The van der Waals surface area contributed by atoms with E-state index >= 15 is 0 Å². The molecular formula is C9H9F2NO2. The maximum Gasteiger partial charge on any atom is 0.309 e. The summed E-state index contributed by atoms with van der Waals surface area (Å²) in [6.07, 6.45) is -0.127. The Morgan fingerprint density at radius 1 is 1.50 bits per heavy atom. The quantitative estimate of drug-likeness (QED) is 0.579. The van der Waals surface area contributed by atoms with E-state index in [1.165, 1.54) is 13.2 Å². The van der Waals surface area contributed by atoms with Gasteiger partial charge < -0.3 is 10.5 Å². The Morgan fingerprint density at radius 3 is 2.64 bits per heavy atom. The van der Waals surface area contributed by atoms with Gasteiger partial charge in [0.2, 0.25) is 0 Å². The summed E-state index contributed by atoms with van der Waals surface area (Å²) in [6.45, 7) is 0. The SMILES string of the molecule is COC(=O)Cc1cc(N)c(F)c(F)c1. The standard InChI is InChI=1S/C9H9F2NO2/c1-14-8(13)4-5-2-6(10)9(11)7(12)3-5/h2-3H,4,12H2,1H3. The monoisotopic (exact) mass is 201 g/mol. The summed E-state index contributed by atoms with van der Waals surface area (Å²) in [6, 6.07) is 2.12. The van der Waals surface area contributed by atoms with Crippen molar-refractivity contribution in [1.82, 2.24) is 0 Å². The Balaban J connectivity index is 2.95. The molecule has 0 spiro atoms. The number of carbonyl (C=O) groups excluding carboxylic acids is 1. The van der Waals surface area contributed by atoms with Crippen LogP contribution in [0.4, 0.5) is 14.5 Å². The fourth-order valence-corrected chi connectivity index (χ4v) is 1.01. The van der Waals surface area contributed by atoms with Gasteiger partial charge in [-0.2, -0.15) is 0 Å². The Kier molecular flexibility index (Phi) is 3.01. The van der Waals surface area contributed by atoms with Crippen LogP contribution in [0.25, 0.3) is 0 Å². The molecule has 14 heavy (non-hydrogen) atoms. The van der Waals surface area contributed by atoms with Gasteiger partial charge >= 0.3 is 5.97 Å². The van der Waals surface area contributed by atoms with E-state index in [0.717, 1.165) is 6.07 Å². The van der Waals surface area contributed by atoms with Crippen LogP contribution in [0.5, 0.6) is 0 Å². The van der Waals surface area contributed by atoms with E-state index in [2.05, 4.69) is 4.74 Å². The molecule has 0 aliphatic rings. The van der Waals surface area contributed by atoms with Crippen molar-refractivity contribution in [3.8, 4) is 0 Å². The van der Waals surface area contributed by atoms with Crippen LogP contribution in [-0.2, 0) is 16.0 Å². The van der Waals surface area contributed by atoms with Crippen LogP contribution in [0.3, 0.4) is 0 Å². The second-order valence-corrected chi connectivity index (χ2v) is 2.73. The number of carbonyl (C=O) groups is 1. The molecule has 0 radical (unpaired) electrons. The Bertz CT molecular complexity index is 343. The fraction of sp³-hybridized carbons (Fsp3) is 0.222. The maximum atomic E-state index is 12.8. The summed E-state index contributed by atoms with van der Waals surface area (Å²) >= 11 is 0. The molecule has 0 aliphatic carbocycles. The first-order chi connectivity index (χ1) is 6.54. The Morgan fingerprint density at radius 2 is 2.14 bits per heavy atom. The van der Waals surface area contributed by atoms with E-state index < -0.39 is 17.6 Å². The lowest BCUT2D eigenvalue weighted by atomic mass is 10.1. The van der Waals surface area contributed by atoms with Gasteiger partial charge in [-0.25, -0.2) is 8.78 Å². The molecule has 1 aromatic carbocycles. The third kappa shape index (κ3) is 2.18. The van der Waals surface area contributed by atoms with Crippen molar-refractivity contribution in [2.24, 2.45) is 0 Å². The molecule has 0 fully saturated rings. The van der Waals surface area contributed by atoms with E-state index in [9.17, 15) is 13.6 Å². The molecule has 0 unspecified atom stereocenters. The van der Waals surface area contributed by atoms with Gasteiger partial charge in [0.1, 0.15) is 0 Å². The molecule has 0 aromatic heterocycles. The number of hydrogen-bond acceptors (Lipinski definition) is 3. The lowest BCUT2D eigenvalue weighted by Gasteiger charge is -2.03. The summed E-state index contributed by atoms with van der Waals surface area (Å²) in [5.41, 5.74) is 5.14. The van der Waals surface area contributed by atoms with E-state index in [1.54, 1.807) is 0 Å². The van der Waals surface area contributed by atoms with Crippen LogP contribution in [0.15, 0.2) is 12.1 Å². The van der Waals surface area contributed by atoms with Crippen LogP contribution in [0.1, 0.15) is 5.56 Å². The van der Waals surface area contributed by atoms with Gasteiger partial charge in [-0.15, -0.1) is 0 Å². The summed E-state index contributed by atoms with van der Waals surface area (Å²) in [5, 5.41) is 0. The van der Waals surface area contributed by atoms with Crippen molar-refractivity contribution < 1.29 is 18.3 Å². The second-order valence-electron chi connectivity index (χ2n) is 2.73. The highest BCUT2D eigenvalue weighted by molar-refractivity contribution is 5.72. The largest absolute Gasteiger partial charge is 0.469 e. The van der Waals surface area contributed by atoms with E-state index in [1.807, 2.05) is 0 Å². The average Bonchev–Trinajstić information content (AvgIpc) is 2.14. The highest BCUT2D eigenvalue weighted by Crippen LogP contribution is 2.17. The molecule has 0 saturated carbocycles. The number of rotatable bonds is 2. The number of esters is 1. The molecule has 0 heterocycles. The van der Waals surface area contributed by atoms with E-state index in [4.69, 9.17) is 5.73 Å². The summed E-state index contributed by atoms with van der Waals surface area (Å²) in [4.78, 5) is 10.8. The van der Waals surface area contributed by atoms with Gasteiger partial charge in [-0.1, -0.05) is 0 Å². The third-order valence-electron chi connectivity index (χ3n) is 1.69. The lowest BCUT2D eigenvalue weighted by molar-refractivity contribution is -0.139. The molecule has 5 heteroatoms. The van der Waals surface area contributed by atoms with Gasteiger partial charge in [0.25, 0.3) is 0 Å². The molecule has 3 nitrogen and oxygen atoms in total. The minimum absolute atomic E-state index is 0.127. The number of hydrogen-bond donors (Lipinski definition) is 1. The Labute approximate surface area is 79.5 Å². The minimum Gasteiger partial charge on any atom is -0.469 e. The predicted octanol–water partition coefficient (Wildman–Crippen LogP) is 1.26. The van der Waals surface area contributed by atoms with Gasteiger partial charge in [0.05, 0.1) is 19.2 Å². The number of benzene rings is 1. The van der Waals surface area contributed by atoms with Crippen LogP contribution in [0.2, 0.25) is 0 Å². The third-order valence-corrected chi connectivity index (χ3v) is 1.69. The summed E-state index contributed by atoms with van der Waals surface area (Å²) in [5.74, 6) is -2.70. The summed E-state index contributed by atoms with van der Waals surface area (Å²) < 4.78 is 29.9. The first-order valence-corrected chi connectivity index (χ1v) is 3.84. The Hall–Kier alpha value is -1.65. The molecule has 0 amide bonds. The smallest absolute Gasteiger partial charge is 0.309 e. The van der Waals surface area contributed by atoms with Gasteiger partial charge in [0.15, 0.2) is 11.6 Å². The molecule has 2 N–H and O–H groups in total. The normalized spacial score (nSPS) is 9.93. The van der Waals surface area contributed by atoms with Crippen molar-refractivity contribution in [1.29, 1.82) is 0 Å². The first-order valence-electron chi connectivity index (χ1n) is 3.84. The highest BCUT2D eigenvalue weighted by atomic mass is 19.2. The highest BCUT2D eigenvalue weighted by Gasteiger charge is 2.10. The van der Waals surface area contributed by atoms with Crippen molar-refractivity contribution in [2.45, 2.75) is 6.42 Å². The van der Waals surface area contributed by atoms with Crippen LogP contribution >= 0.6 is 0 Å². The van der Waals surface area contributed by atoms with Gasteiger partial charge in [-0.3, -0.25) is 4.79 Å². The molecular weight excluding hydrogens is 192 g/mol. The summed E-state index contributed by atoms with van der Waals surface area (Å²) in [7, 11) is 1.21. The zero-order valence-electron chi connectivity index (χ0n) is 7.51. The van der Waals surface area contributed by atoms with E-state index in [0.29, 0.717) is 0 Å². The van der Waals surface area contributed by atoms with Crippen molar-refractivity contribution in [3.05, 3.63) is 29.3 Å². The maximum absolute atomic E-state index is 12.8. The molecule has 1 aromatic rings. The predicted molar refractivity (Wildman–Crippen MR) is 46.5 cm³/mol. The number of nitrogens with two attached hydrogens (primary N) is 1. The molecule has 0 saturated heterocycles. The first kappa shape index (κ1) is 10.4. The van der Waals surface area contributed by atoms with E-state index in [-0.39, 0.29) is 17.7 Å².